The van der Waals surface area contributed by atoms with Gasteiger partial charge in [0.2, 0.25) is 0 Å². The van der Waals surface area contributed by atoms with E-state index in [9.17, 15) is 19.2 Å². The molecule has 1 fully saturated rings. The average Bonchev–Trinajstić information content (AvgIpc) is 3.49. The lowest BCUT2D eigenvalue weighted by molar-refractivity contribution is -0.197. The molecule has 40 heavy (non-hydrogen) atoms. The second-order valence-electron chi connectivity index (χ2n) is 9.96. The highest BCUT2D eigenvalue weighted by molar-refractivity contribution is 6.08. The van der Waals surface area contributed by atoms with Crippen molar-refractivity contribution in [3.05, 3.63) is 65.1 Å². The van der Waals surface area contributed by atoms with E-state index in [1.807, 2.05) is 54.8 Å². The zero-order chi connectivity index (χ0) is 28.5. The van der Waals surface area contributed by atoms with Crippen LogP contribution in [0.5, 0.6) is 0 Å². The van der Waals surface area contributed by atoms with Crippen molar-refractivity contribution < 1.29 is 24.0 Å². The Morgan fingerprint density at radius 1 is 0.950 bits per heavy atom. The normalized spacial score (nSPS) is 12.9. The Morgan fingerprint density at radius 3 is 2.35 bits per heavy atom. The smallest absolute Gasteiger partial charge is 0.330 e. The molecule has 9 nitrogen and oxygen atoms in total. The Labute approximate surface area is 233 Å². The van der Waals surface area contributed by atoms with Gasteiger partial charge >= 0.3 is 5.97 Å². The number of carbonyl (C=O) groups is 4. The summed E-state index contributed by atoms with van der Waals surface area (Å²) >= 11 is 0. The fourth-order valence-electron chi connectivity index (χ4n) is 4.57. The summed E-state index contributed by atoms with van der Waals surface area (Å²) in [7, 11) is 0. The van der Waals surface area contributed by atoms with Crippen molar-refractivity contribution in [3.63, 3.8) is 0 Å². The molecule has 0 saturated carbocycles. The molecule has 0 unspecified atom stereocenters. The summed E-state index contributed by atoms with van der Waals surface area (Å²) in [5, 5.41) is 3.54. The van der Waals surface area contributed by atoms with Crippen molar-refractivity contribution in [1.29, 1.82) is 0 Å². The monoisotopic (exact) mass is 542 g/mol. The Morgan fingerprint density at radius 2 is 1.62 bits per heavy atom. The number of anilines is 1. The molecule has 3 amide bonds. The standard InChI is InChI=1S/C31H34N4O5/c1-22-21-23(2)34-20-19-26(30(34)32-22)31(39)33-25-15-13-24(14-16-25)11-9-7-5-3-4-6-8-10-12-29(38)40-35-27(36)17-18-28(35)37/h13-16,19-21H,3-8,10,12,17-18H2,1-2H3,(H,33,39). The maximum Gasteiger partial charge on any atom is 0.333 e. The van der Waals surface area contributed by atoms with Crippen LogP contribution < -0.4 is 5.32 Å². The van der Waals surface area contributed by atoms with Gasteiger partial charge in [0.05, 0.1) is 5.56 Å². The molecule has 4 rings (SSSR count). The van der Waals surface area contributed by atoms with Gasteiger partial charge in [0.25, 0.3) is 17.7 Å². The van der Waals surface area contributed by atoms with Crippen LogP contribution >= 0.6 is 0 Å². The Bertz CT molecular complexity index is 1450. The van der Waals surface area contributed by atoms with Gasteiger partial charge in [-0.05, 0) is 63.1 Å². The molecule has 1 aliphatic rings. The van der Waals surface area contributed by atoms with Gasteiger partial charge in [-0.2, -0.15) is 0 Å². The van der Waals surface area contributed by atoms with Crippen LogP contribution in [0.1, 0.15) is 91.5 Å². The maximum atomic E-state index is 12.8. The van der Waals surface area contributed by atoms with Crippen LogP contribution in [0.3, 0.4) is 0 Å². The van der Waals surface area contributed by atoms with E-state index in [1.54, 1.807) is 6.07 Å². The first-order valence-electron chi connectivity index (χ1n) is 13.7. The lowest BCUT2D eigenvalue weighted by Crippen LogP contribution is -2.31. The van der Waals surface area contributed by atoms with E-state index in [2.05, 4.69) is 22.1 Å². The molecule has 3 aromatic rings. The van der Waals surface area contributed by atoms with E-state index in [4.69, 9.17) is 4.84 Å². The fourth-order valence-corrected chi connectivity index (χ4v) is 4.57. The Hall–Kier alpha value is -4.45. The van der Waals surface area contributed by atoms with Gasteiger partial charge in [-0.25, -0.2) is 9.78 Å². The molecule has 1 saturated heterocycles. The molecule has 0 bridgehead atoms. The number of hydrogen-bond acceptors (Lipinski definition) is 6. The van der Waals surface area contributed by atoms with Crippen LogP contribution in [0.15, 0.2) is 42.6 Å². The molecular formula is C31H34N4O5. The summed E-state index contributed by atoms with van der Waals surface area (Å²) in [6.45, 7) is 3.90. The minimum Gasteiger partial charge on any atom is -0.330 e. The Kier molecular flexibility index (Phi) is 9.68. The number of rotatable bonds is 11. The number of carbonyl (C=O) groups excluding carboxylic acids is 4. The molecule has 3 heterocycles. The molecule has 1 aliphatic heterocycles. The van der Waals surface area contributed by atoms with Crippen LogP contribution in [0.4, 0.5) is 5.69 Å². The van der Waals surface area contributed by atoms with Gasteiger partial charge in [-0.3, -0.25) is 14.4 Å². The van der Waals surface area contributed by atoms with Gasteiger partial charge in [0.15, 0.2) is 0 Å². The lowest BCUT2D eigenvalue weighted by Gasteiger charge is -2.12. The maximum absolute atomic E-state index is 12.8. The van der Waals surface area contributed by atoms with Crippen LogP contribution in [0, 0.1) is 25.7 Å². The van der Waals surface area contributed by atoms with Crippen LogP contribution in [-0.2, 0) is 19.2 Å². The molecule has 1 N–H and O–H groups in total. The molecular weight excluding hydrogens is 508 g/mol. The predicted octanol–water partition coefficient (Wildman–Crippen LogP) is 5.28. The van der Waals surface area contributed by atoms with E-state index in [0.29, 0.717) is 28.4 Å². The zero-order valence-electron chi connectivity index (χ0n) is 23.0. The van der Waals surface area contributed by atoms with Crippen LogP contribution in [-0.4, -0.2) is 38.1 Å². The molecule has 9 heteroatoms. The summed E-state index contributed by atoms with van der Waals surface area (Å²) < 4.78 is 1.91. The number of aryl methyl sites for hydroxylation is 2. The van der Waals surface area contributed by atoms with Crippen LogP contribution in [0.25, 0.3) is 5.65 Å². The average molecular weight is 543 g/mol. The van der Waals surface area contributed by atoms with E-state index in [1.165, 1.54) is 0 Å². The minimum absolute atomic E-state index is 0.105. The van der Waals surface area contributed by atoms with Crippen LogP contribution in [0.2, 0.25) is 0 Å². The number of benzene rings is 1. The quantitative estimate of drug-likeness (QED) is 0.200. The Balaban J connectivity index is 1.10. The number of nitrogens with zero attached hydrogens (tertiary/aromatic N) is 3. The SMILES string of the molecule is Cc1cc(C)n2ccc(C(=O)Nc3ccc(C#CCCCCCCCCC(=O)ON4C(=O)CCC4=O)cc3)c2n1. The van der Waals surface area contributed by atoms with Crippen molar-refractivity contribution in [2.24, 2.45) is 0 Å². The molecule has 208 valence electrons. The third kappa shape index (κ3) is 7.56. The zero-order valence-corrected chi connectivity index (χ0v) is 23.0. The fraction of sp³-hybridized carbons (Fsp3) is 0.387. The third-order valence-corrected chi connectivity index (χ3v) is 6.69. The summed E-state index contributed by atoms with van der Waals surface area (Å²) in [4.78, 5) is 56.9. The summed E-state index contributed by atoms with van der Waals surface area (Å²) in [6, 6.07) is 11.2. The summed E-state index contributed by atoms with van der Waals surface area (Å²) in [5.74, 6) is 4.74. The van der Waals surface area contributed by atoms with Crippen molar-refractivity contribution in [2.45, 2.75) is 78.1 Å². The summed E-state index contributed by atoms with van der Waals surface area (Å²) in [6.07, 6.45) is 8.75. The highest BCUT2D eigenvalue weighted by Gasteiger charge is 2.32. The van der Waals surface area contributed by atoms with Crippen molar-refractivity contribution in [3.8, 4) is 11.8 Å². The highest BCUT2D eigenvalue weighted by Crippen LogP contribution is 2.18. The second-order valence-corrected chi connectivity index (χ2v) is 9.96. The molecule has 0 radical (unpaired) electrons. The minimum atomic E-state index is -0.536. The predicted molar refractivity (Wildman–Crippen MR) is 150 cm³/mol. The molecule has 0 aliphatic carbocycles. The molecule has 0 atom stereocenters. The van der Waals surface area contributed by atoms with Gasteiger partial charge < -0.3 is 14.6 Å². The number of hydrogen-bond donors (Lipinski definition) is 1. The molecule has 0 spiro atoms. The third-order valence-electron chi connectivity index (χ3n) is 6.69. The van der Waals surface area contributed by atoms with Gasteiger partial charge in [-0.15, -0.1) is 5.06 Å². The first-order valence-corrected chi connectivity index (χ1v) is 13.7. The first kappa shape index (κ1) is 28.6. The number of imide groups is 1. The largest absolute Gasteiger partial charge is 0.333 e. The number of unbranched alkanes of at least 4 members (excludes halogenated alkanes) is 6. The van der Waals surface area contributed by atoms with E-state index in [-0.39, 0.29) is 25.2 Å². The van der Waals surface area contributed by atoms with Gasteiger partial charge in [-0.1, -0.05) is 37.5 Å². The number of aromatic nitrogens is 2. The number of fused-ring (bicyclic) bond motifs is 1. The van der Waals surface area contributed by atoms with Crippen molar-refractivity contribution >= 4 is 35.0 Å². The topological polar surface area (TPSA) is 110 Å². The van der Waals surface area contributed by atoms with Crippen molar-refractivity contribution in [2.75, 3.05) is 5.32 Å². The number of nitrogens with one attached hydrogen (secondary N) is 1. The molecule has 1 aromatic carbocycles. The summed E-state index contributed by atoms with van der Waals surface area (Å²) in [5.41, 5.74) is 4.67. The molecule has 2 aromatic heterocycles. The van der Waals surface area contributed by atoms with E-state index < -0.39 is 17.8 Å². The van der Waals surface area contributed by atoms with E-state index >= 15 is 0 Å². The lowest BCUT2D eigenvalue weighted by atomic mass is 10.1. The first-order chi connectivity index (χ1) is 19.3. The van der Waals surface area contributed by atoms with Gasteiger partial charge in [0, 0.05) is 54.5 Å². The van der Waals surface area contributed by atoms with Gasteiger partial charge in [0.1, 0.15) is 5.65 Å². The number of hydroxylamine groups is 2. The number of amides is 3. The van der Waals surface area contributed by atoms with E-state index in [0.717, 1.165) is 55.5 Å². The van der Waals surface area contributed by atoms with Crippen molar-refractivity contribution in [1.82, 2.24) is 14.4 Å². The highest BCUT2D eigenvalue weighted by atomic mass is 16.7. The second kappa shape index (κ2) is 13.6.